The molecule has 5 nitrogen and oxygen atoms in total. The monoisotopic (exact) mass is 411 g/mol. The lowest BCUT2D eigenvalue weighted by atomic mass is 10.0. The summed E-state index contributed by atoms with van der Waals surface area (Å²) in [5.41, 5.74) is 0.897. The Kier molecular flexibility index (Phi) is 6.54. The van der Waals surface area contributed by atoms with Gasteiger partial charge in [-0.25, -0.2) is 13.2 Å². The van der Waals surface area contributed by atoms with Gasteiger partial charge in [0.25, 0.3) is 0 Å². The van der Waals surface area contributed by atoms with Crippen LogP contribution in [0.4, 0.5) is 4.79 Å². The molecule has 1 amide bonds. The summed E-state index contributed by atoms with van der Waals surface area (Å²) in [6.45, 7) is 5.76. The zero-order valence-electron chi connectivity index (χ0n) is 16.4. The second-order valence-electron chi connectivity index (χ2n) is 7.04. The lowest BCUT2D eigenvalue weighted by molar-refractivity contribution is 0.0699. The van der Waals surface area contributed by atoms with Crippen molar-refractivity contribution in [3.63, 3.8) is 0 Å². The molecule has 0 saturated carbocycles. The average Bonchev–Trinajstić information content (AvgIpc) is 2.73. The second kappa shape index (κ2) is 9.09. The van der Waals surface area contributed by atoms with E-state index in [0.29, 0.717) is 11.3 Å². The summed E-state index contributed by atoms with van der Waals surface area (Å²) in [6.07, 6.45) is 3.57. The molecular formula is C23H25NO4S. The number of hydrogen-bond acceptors (Lipinski definition) is 4. The van der Waals surface area contributed by atoms with Crippen LogP contribution in [-0.2, 0) is 21.2 Å². The molecule has 0 spiro atoms. The molecule has 0 radical (unpaired) electrons. The fraction of sp³-hybridized carbons (Fsp3) is 0.261. The maximum Gasteiger partial charge on any atom is 0.410 e. The third-order valence-electron chi connectivity index (χ3n) is 4.93. The Hall–Kier alpha value is -2.86. The van der Waals surface area contributed by atoms with Crippen molar-refractivity contribution in [2.75, 3.05) is 0 Å². The van der Waals surface area contributed by atoms with Gasteiger partial charge in [-0.3, -0.25) is 4.90 Å². The van der Waals surface area contributed by atoms with Crippen molar-refractivity contribution < 1.29 is 17.9 Å². The fourth-order valence-corrected chi connectivity index (χ4v) is 5.11. The van der Waals surface area contributed by atoms with Crippen LogP contribution in [0.2, 0.25) is 0 Å². The summed E-state index contributed by atoms with van der Waals surface area (Å²) >= 11 is 0. The maximum absolute atomic E-state index is 13.0. The fourth-order valence-electron chi connectivity index (χ4n) is 3.49. The molecule has 2 aromatic carbocycles. The van der Waals surface area contributed by atoms with E-state index in [-0.39, 0.29) is 24.0 Å². The van der Waals surface area contributed by atoms with E-state index in [0.717, 1.165) is 5.56 Å². The number of rotatable bonds is 6. The summed E-state index contributed by atoms with van der Waals surface area (Å²) in [7, 11) is -3.60. The number of carbonyl (C=O) groups is 1. The number of sulfone groups is 1. The van der Waals surface area contributed by atoms with E-state index in [2.05, 4.69) is 6.58 Å². The number of ether oxygens (including phenoxy) is 1. The first kappa shape index (κ1) is 20.9. The quantitative estimate of drug-likeness (QED) is 0.645. The van der Waals surface area contributed by atoms with Gasteiger partial charge in [0.15, 0.2) is 0 Å². The number of carbonyl (C=O) groups excluding carboxylic acids is 1. The Balaban J connectivity index is 1.83. The van der Waals surface area contributed by atoms with Crippen LogP contribution in [0, 0.1) is 0 Å². The SMILES string of the molecule is C=CC[C@@H]1C=C(S(=O)(=O)c2ccccc2)C[C@H](C)N1C(=O)OCc1ccccc1. The van der Waals surface area contributed by atoms with Crippen LogP contribution in [0.3, 0.4) is 0 Å². The molecule has 29 heavy (non-hydrogen) atoms. The minimum atomic E-state index is -3.60. The van der Waals surface area contributed by atoms with Crippen molar-refractivity contribution in [2.45, 2.75) is 43.4 Å². The highest BCUT2D eigenvalue weighted by Crippen LogP contribution is 2.32. The average molecular weight is 412 g/mol. The maximum atomic E-state index is 13.0. The van der Waals surface area contributed by atoms with E-state index in [9.17, 15) is 13.2 Å². The topological polar surface area (TPSA) is 63.7 Å². The van der Waals surface area contributed by atoms with Crippen LogP contribution in [-0.4, -0.2) is 31.5 Å². The van der Waals surface area contributed by atoms with Crippen molar-refractivity contribution in [1.82, 2.24) is 4.90 Å². The molecule has 2 aromatic rings. The summed E-state index contributed by atoms with van der Waals surface area (Å²) in [5, 5.41) is 0. The number of nitrogens with zero attached hydrogens (tertiary/aromatic N) is 1. The summed E-state index contributed by atoms with van der Waals surface area (Å²) in [4.78, 5) is 15.0. The van der Waals surface area contributed by atoms with Gasteiger partial charge in [-0.1, -0.05) is 54.6 Å². The number of amides is 1. The van der Waals surface area contributed by atoms with Crippen LogP contribution in [0.1, 0.15) is 25.3 Å². The van der Waals surface area contributed by atoms with E-state index in [1.165, 1.54) is 0 Å². The van der Waals surface area contributed by atoms with Crippen molar-refractivity contribution in [3.05, 3.63) is 89.9 Å². The van der Waals surface area contributed by atoms with Crippen LogP contribution < -0.4 is 0 Å². The highest BCUT2D eigenvalue weighted by molar-refractivity contribution is 7.95. The van der Waals surface area contributed by atoms with Gasteiger partial charge in [0, 0.05) is 17.4 Å². The molecule has 3 rings (SSSR count). The normalized spacial score (nSPS) is 19.3. The molecular weight excluding hydrogens is 386 g/mol. The van der Waals surface area contributed by atoms with Crippen LogP contribution in [0.25, 0.3) is 0 Å². The molecule has 152 valence electrons. The van der Waals surface area contributed by atoms with Gasteiger partial charge in [-0.15, -0.1) is 6.58 Å². The largest absolute Gasteiger partial charge is 0.445 e. The lowest BCUT2D eigenvalue weighted by Gasteiger charge is -2.38. The highest BCUT2D eigenvalue weighted by atomic mass is 32.2. The Morgan fingerprint density at radius 3 is 2.38 bits per heavy atom. The molecule has 0 N–H and O–H groups in total. The van der Waals surface area contributed by atoms with Gasteiger partial charge < -0.3 is 4.74 Å². The smallest absolute Gasteiger partial charge is 0.410 e. The van der Waals surface area contributed by atoms with Crippen LogP contribution >= 0.6 is 0 Å². The third-order valence-corrected chi connectivity index (χ3v) is 6.82. The Morgan fingerprint density at radius 1 is 1.14 bits per heavy atom. The van der Waals surface area contributed by atoms with Gasteiger partial charge in [0.2, 0.25) is 9.84 Å². The van der Waals surface area contributed by atoms with Gasteiger partial charge >= 0.3 is 6.09 Å². The van der Waals surface area contributed by atoms with E-state index < -0.39 is 22.0 Å². The van der Waals surface area contributed by atoms with Crippen molar-refractivity contribution in [3.8, 4) is 0 Å². The molecule has 1 aliphatic rings. The minimum absolute atomic E-state index is 0.169. The molecule has 0 aromatic heterocycles. The minimum Gasteiger partial charge on any atom is -0.445 e. The van der Waals surface area contributed by atoms with E-state index in [4.69, 9.17) is 4.74 Å². The third kappa shape index (κ3) is 4.77. The number of hydrogen-bond donors (Lipinski definition) is 0. The molecule has 1 heterocycles. The van der Waals surface area contributed by atoms with Gasteiger partial charge in [-0.05, 0) is 37.1 Å². The summed E-state index contributed by atoms with van der Waals surface area (Å²) in [5.74, 6) is 0. The summed E-state index contributed by atoms with van der Waals surface area (Å²) in [6, 6.07) is 17.1. The second-order valence-corrected chi connectivity index (χ2v) is 9.04. The Bertz CT molecular complexity index is 984. The standard InChI is InChI=1S/C23H25NO4S/c1-3-10-20-16-22(29(26,27)21-13-8-5-9-14-21)15-18(2)24(20)23(25)28-17-19-11-6-4-7-12-19/h3-9,11-14,16,18,20H,1,10,15,17H2,2H3/t18-,20+/m0/s1. The van der Waals surface area contributed by atoms with Crippen LogP contribution in [0.5, 0.6) is 0 Å². The molecule has 0 fully saturated rings. The predicted octanol–water partition coefficient (Wildman–Crippen LogP) is 4.72. The van der Waals surface area contributed by atoms with Crippen molar-refractivity contribution >= 4 is 15.9 Å². The predicted molar refractivity (Wildman–Crippen MR) is 113 cm³/mol. The first-order chi connectivity index (χ1) is 13.9. The molecule has 1 aliphatic heterocycles. The highest BCUT2D eigenvalue weighted by Gasteiger charge is 2.36. The van der Waals surface area contributed by atoms with E-state index in [1.807, 2.05) is 37.3 Å². The molecule has 6 heteroatoms. The van der Waals surface area contributed by atoms with Crippen molar-refractivity contribution in [1.29, 1.82) is 0 Å². The van der Waals surface area contributed by atoms with Gasteiger partial charge in [0.1, 0.15) is 6.61 Å². The van der Waals surface area contributed by atoms with Crippen LogP contribution in [0.15, 0.2) is 89.2 Å². The molecule has 0 saturated heterocycles. The molecule has 0 unspecified atom stereocenters. The summed E-state index contributed by atoms with van der Waals surface area (Å²) < 4.78 is 31.6. The van der Waals surface area contributed by atoms with E-state index in [1.54, 1.807) is 47.4 Å². The van der Waals surface area contributed by atoms with Gasteiger partial charge in [0.05, 0.1) is 10.9 Å². The Morgan fingerprint density at radius 2 is 1.76 bits per heavy atom. The van der Waals surface area contributed by atoms with E-state index >= 15 is 0 Å². The zero-order valence-corrected chi connectivity index (χ0v) is 17.2. The van der Waals surface area contributed by atoms with Gasteiger partial charge in [-0.2, -0.15) is 0 Å². The molecule has 2 atom stereocenters. The zero-order chi connectivity index (χ0) is 20.9. The first-order valence-corrected chi connectivity index (χ1v) is 11.0. The lowest BCUT2D eigenvalue weighted by Crippen LogP contribution is -2.48. The first-order valence-electron chi connectivity index (χ1n) is 9.54. The number of benzene rings is 2. The molecule has 0 aliphatic carbocycles. The molecule has 0 bridgehead atoms. The Labute approximate surface area is 172 Å². The van der Waals surface area contributed by atoms with Crippen molar-refractivity contribution in [2.24, 2.45) is 0 Å².